The number of carbonyl (C=O) groups excluding carboxylic acids is 1. The molecule has 2 aromatic rings. The lowest BCUT2D eigenvalue weighted by Gasteiger charge is -2.28. The number of aryl methyl sites for hydroxylation is 1. The Hall–Kier alpha value is -2.33. The highest BCUT2D eigenvalue weighted by Gasteiger charge is 2.11. The third-order valence-electron chi connectivity index (χ3n) is 4.77. The van der Waals surface area contributed by atoms with E-state index in [4.69, 9.17) is 4.74 Å². The number of nitrogens with one attached hydrogen (secondary N) is 1. The lowest BCUT2D eigenvalue weighted by atomic mass is 10.1. The van der Waals surface area contributed by atoms with Crippen LogP contribution in [0.2, 0.25) is 0 Å². The van der Waals surface area contributed by atoms with E-state index < -0.39 is 0 Å². The van der Waals surface area contributed by atoms with Crippen molar-refractivity contribution in [2.24, 2.45) is 0 Å². The van der Waals surface area contributed by atoms with Gasteiger partial charge >= 0.3 is 0 Å². The molecule has 2 aromatic carbocycles. The summed E-state index contributed by atoms with van der Waals surface area (Å²) in [5.41, 5.74) is 4.49. The standard InChI is InChI=1S/C22H28N2O2/c1-2-3-18-4-8-20(9-5-18)22(25)23-13-12-19-6-10-21(11-7-19)24-14-16-26-17-15-24/h4-11H,2-3,12-17H2,1H3,(H,23,25). The molecule has 0 radical (unpaired) electrons. The number of hydrogen-bond acceptors (Lipinski definition) is 3. The van der Waals surface area contributed by atoms with E-state index in [1.165, 1.54) is 16.8 Å². The van der Waals surface area contributed by atoms with Gasteiger partial charge in [-0.25, -0.2) is 0 Å². The molecular formula is C22H28N2O2. The van der Waals surface area contributed by atoms with Crippen LogP contribution >= 0.6 is 0 Å². The molecule has 0 aromatic heterocycles. The van der Waals surface area contributed by atoms with Gasteiger partial charge in [-0.2, -0.15) is 0 Å². The summed E-state index contributed by atoms with van der Waals surface area (Å²) in [6.07, 6.45) is 3.02. The summed E-state index contributed by atoms with van der Waals surface area (Å²) in [5, 5.41) is 3.01. The summed E-state index contributed by atoms with van der Waals surface area (Å²) in [6, 6.07) is 16.5. The molecule has 1 aliphatic rings. The minimum atomic E-state index is -0.00187. The van der Waals surface area contributed by atoms with Gasteiger partial charge in [-0.15, -0.1) is 0 Å². The maximum Gasteiger partial charge on any atom is 0.251 e. The maximum atomic E-state index is 12.2. The van der Waals surface area contributed by atoms with Crippen molar-refractivity contribution in [2.75, 3.05) is 37.7 Å². The van der Waals surface area contributed by atoms with Gasteiger partial charge in [-0.05, 0) is 48.2 Å². The summed E-state index contributed by atoms with van der Waals surface area (Å²) >= 11 is 0. The fourth-order valence-corrected chi connectivity index (χ4v) is 3.23. The van der Waals surface area contributed by atoms with Crippen molar-refractivity contribution in [3.8, 4) is 0 Å². The van der Waals surface area contributed by atoms with Crippen molar-refractivity contribution in [1.29, 1.82) is 0 Å². The molecule has 0 unspecified atom stereocenters. The maximum absolute atomic E-state index is 12.2. The van der Waals surface area contributed by atoms with Gasteiger partial charge < -0.3 is 15.0 Å². The first kappa shape index (κ1) is 18.5. The molecule has 0 atom stereocenters. The Morgan fingerprint density at radius 3 is 2.23 bits per heavy atom. The summed E-state index contributed by atoms with van der Waals surface area (Å²) in [7, 11) is 0. The van der Waals surface area contributed by atoms with Crippen LogP contribution in [0.4, 0.5) is 5.69 Å². The van der Waals surface area contributed by atoms with Crippen molar-refractivity contribution in [2.45, 2.75) is 26.2 Å². The molecule has 0 saturated carbocycles. The molecule has 1 saturated heterocycles. The highest BCUT2D eigenvalue weighted by molar-refractivity contribution is 5.94. The normalized spacial score (nSPS) is 14.3. The van der Waals surface area contributed by atoms with E-state index in [0.29, 0.717) is 6.54 Å². The molecule has 0 bridgehead atoms. The fraction of sp³-hybridized carbons (Fsp3) is 0.409. The van der Waals surface area contributed by atoms with Crippen LogP contribution in [0.25, 0.3) is 0 Å². The number of morpholine rings is 1. The Balaban J connectivity index is 1.45. The Morgan fingerprint density at radius 1 is 0.962 bits per heavy atom. The summed E-state index contributed by atoms with van der Waals surface area (Å²) in [6.45, 7) is 6.31. The minimum Gasteiger partial charge on any atom is -0.378 e. The van der Waals surface area contributed by atoms with Crippen LogP contribution in [-0.4, -0.2) is 38.8 Å². The third kappa shape index (κ3) is 5.09. The zero-order valence-electron chi connectivity index (χ0n) is 15.5. The minimum absolute atomic E-state index is 0.00187. The predicted octanol–water partition coefficient (Wildman–Crippen LogP) is 3.45. The monoisotopic (exact) mass is 352 g/mol. The number of rotatable bonds is 7. The van der Waals surface area contributed by atoms with Gasteiger partial charge in [0.1, 0.15) is 0 Å². The van der Waals surface area contributed by atoms with Crippen molar-refractivity contribution >= 4 is 11.6 Å². The molecule has 1 aliphatic heterocycles. The Morgan fingerprint density at radius 2 is 1.58 bits per heavy atom. The first-order valence-electron chi connectivity index (χ1n) is 9.55. The van der Waals surface area contributed by atoms with Crippen LogP contribution in [0.1, 0.15) is 34.8 Å². The SMILES string of the molecule is CCCc1ccc(C(=O)NCCc2ccc(N3CCOCC3)cc2)cc1. The largest absolute Gasteiger partial charge is 0.378 e. The fourth-order valence-electron chi connectivity index (χ4n) is 3.23. The molecule has 1 fully saturated rings. The second-order valence-electron chi connectivity index (χ2n) is 6.72. The smallest absolute Gasteiger partial charge is 0.251 e. The number of hydrogen-bond donors (Lipinski definition) is 1. The molecule has 1 N–H and O–H groups in total. The van der Waals surface area contributed by atoms with Crippen LogP contribution in [0.15, 0.2) is 48.5 Å². The van der Waals surface area contributed by atoms with Crippen LogP contribution in [0, 0.1) is 0 Å². The topological polar surface area (TPSA) is 41.6 Å². The molecule has 1 heterocycles. The molecular weight excluding hydrogens is 324 g/mol. The first-order valence-corrected chi connectivity index (χ1v) is 9.55. The highest BCUT2D eigenvalue weighted by atomic mass is 16.5. The van der Waals surface area contributed by atoms with E-state index >= 15 is 0 Å². The van der Waals surface area contributed by atoms with Gasteiger partial charge in [-0.3, -0.25) is 4.79 Å². The zero-order chi connectivity index (χ0) is 18.2. The highest BCUT2D eigenvalue weighted by Crippen LogP contribution is 2.16. The number of benzene rings is 2. The van der Waals surface area contributed by atoms with Gasteiger partial charge in [-0.1, -0.05) is 37.6 Å². The van der Waals surface area contributed by atoms with E-state index in [0.717, 1.165) is 51.1 Å². The van der Waals surface area contributed by atoms with E-state index in [1.54, 1.807) is 0 Å². The lowest BCUT2D eigenvalue weighted by molar-refractivity contribution is 0.0954. The number of ether oxygens (including phenoxy) is 1. The van der Waals surface area contributed by atoms with Gasteiger partial charge in [0.05, 0.1) is 13.2 Å². The summed E-state index contributed by atoms with van der Waals surface area (Å²) < 4.78 is 5.39. The molecule has 4 heteroatoms. The van der Waals surface area contributed by atoms with Crippen LogP contribution in [0.3, 0.4) is 0 Å². The average Bonchev–Trinajstić information content (AvgIpc) is 2.70. The quantitative estimate of drug-likeness (QED) is 0.830. The van der Waals surface area contributed by atoms with Crippen LogP contribution in [0.5, 0.6) is 0 Å². The second-order valence-corrected chi connectivity index (χ2v) is 6.72. The molecule has 3 rings (SSSR count). The second kappa shape index (κ2) is 9.39. The van der Waals surface area contributed by atoms with Gasteiger partial charge in [0.25, 0.3) is 5.91 Å². The Labute approximate surface area is 156 Å². The molecule has 26 heavy (non-hydrogen) atoms. The lowest BCUT2D eigenvalue weighted by Crippen LogP contribution is -2.36. The van der Waals surface area contributed by atoms with Crippen molar-refractivity contribution < 1.29 is 9.53 Å². The third-order valence-corrected chi connectivity index (χ3v) is 4.77. The first-order chi connectivity index (χ1) is 12.8. The van der Waals surface area contributed by atoms with E-state index in [1.807, 2.05) is 24.3 Å². The Bertz CT molecular complexity index is 689. The molecule has 4 nitrogen and oxygen atoms in total. The number of anilines is 1. The molecule has 1 amide bonds. The van der Waals surface area contributed by atoms with Gasteiger partial charge in [0.2, 0.25) is 0 Å². The van der Waals surface area contributed by atoms with E-state index in [9.17, 15) is 4.79 Å². The number of amides is 1. The van der Waals surface area contributed by atoms with Crippen molar-refractivity contribution in [3.05, 3.63) is 65.2 Å². The zero-order valence-corrected chi connectivity index (χ0v) is 15.5. The number of nitrogens with zero attached hydrogens (tertiary/aromatic N) is 1. The molecule has 0 spiro atoms. The van der Waals surface area contributed by atoms with E-state index in [-0.39, 0.29) is 5.91 Å². The van der Waals surface area contributed by atoms with Crippen molar-refractivity contribution in [3.63, 3.8) is 0 Å². The molecule has 138 valence electrons. The van der Waals surface area contributed by atoms with Crippen LogP contribution < -0.4 is 10.2 Å². The van der Waals surface area contributed by atoms with Gasteiger partial charge in [0, 0.05) is 30.9 Å². The summed E-state index contributed by atoms with van der Waals surface area (Å²) in [4.78, 5) is 14.6. The average molecular weight is 352 g/mol. The predicted molar refractivity (Wildman–Crippen MR) is 106 cm³/mol. The van der Waals surface area contributed by atoms with E-state index in [2.05, 4.69) is 41.4 Å². The summed E-state index contributed by atoms with van der Waals surface area (Å²) in [5.74, 6) is -0.00187. The van der Waals surface area contributed by atoms with Crippen molar-refractivity contribution in [1.82, 2.24) is 5.32 Å². The number of carbonyl (C=O) groups is 1. The van der Waals surface area contributed by atoms with Gasteiger partial charge in [0.15, 0.2) is 0 Å². The van der Waals surface area contributed by atoms with Crippen LogP contribution in [-0.2, 0) is 17.6 Å². The molecule has 0 aliphatic carbocycles. The Kier molecular flexibility index (Phi) is 6.67.